The van der Waals surface area contributed by atoms with Crippen LogP contribution in [-0.4, -0.2) is 25.1 Å². The van der Waals surface area contributed by atoms with Crippen molar-refractivity contribution in [3.8, 4) is 16.9 Å². The number of fused-ring (bicyclic) bond motifs is 1. The Morgan fingerprint density at radius 3 is 2.64 bits per heavy atom. The number of hydrogen-bond acceptors (Lipinski definition) is 5. The van der Waals surface area contributed by atoms with Crippen LogP contribution in [0.1, 0.15) is 35.6 Å². The number of thiazole rings is 1. The van der Waals surface area contributed by atoms with Gasteiger partial charge in [0, 0.05) is 21.8 Å². The molecule has 1 N–H and O–H groups in total. The Kier molecular flexibility index (Phi) is 6.47. The molecule has 7 nitrogen and oxygen atoms in total. The fourth-order valence-electron chi connectivity index (χ4n) is 4.27. The van der Waals surface area contributed by atoms with Gasteiger partial charge in [0.2, 0.25) is 5.91 Å². The summed E-state index contributed by atoms with van der Waals surface area (Å²) in [5.74, 6) is -0.166. The molecule has 0 aliphatic carbocycles. The predicted octanol–water partition coefficient (Wildman–Crippen LogP) is 5.30. The Morgan fingerprint density at radius 2 is 1.89 bits per heavy atom. The molecule has 0 unspecified atom stereocenters. The molecule has 0 radical (unpaired) electrons. The summed E-state index contributed by atoms with van der Waals surface area (Å²) in [6.45, 7) is 5.66. The number of halogens is 1. The molecule has 5 rings (SSSR count). The molecule has 0 aliphatic heterocycles. The number of amides is 1. The van der Waals surface area contributed by atoms with Crippen LogP contribution >= 0.6 is 22.9 Å². The fourth-order valence-corrected chi connectivity index (χ4v) is 5.38. The van der Waals surface area contributed by atoms with Crippen molar-refractivity contribution in [1.29, 1.82) is 0 Å². The number of benzene rings is 2. The number of rotatable bonds is 6. The molecule has 0 saturated heterocycles. The average Bonchev–Trinajstić information content (AvgIpc) is 3.42. The second kappa shape index (κ2) is 9.72. The number of nitrogens with one attached hydrogen (secondary N) is 1. The molecule has 1 atom stereocenters. The number of aryl methyl sites for hydroxylation is 2. The van der Waals surface area contributed by atoms with Crippen LogP contribution in [0.2, 0.25) is 5.02 Å². The fraction of sp³-hybridized carbons (Fsp3) is 0.185. The first-order valence-corrected chi connectivity index (χ1v) is 12.7. The van der Waals surface area contributed by atoms with Crippen molar-refractivity contribution in [2.24, 2.45) is 0 Å². The van der Waals surface area contributed by atoms with Crippen LogP contribution < -0.4 is 10.9 Å². The highest BCUT2D eigenvalue weighted by molar-refractivity contribution is 7.15. The molecule has 182 valence electrons. The van der Waals surface area contributed by atoms with Crippen LogP contribution in [0.3, 0.4) is 0 Å². The molecule has 3 aromatic heterocycles. The van der Waals surface area contributed by atoms with Crippen LogP contribution in [0, 0.1) is 13.8 Å². The highest BCUT2D eigenvalue weighted by atomic mass is 35.5. The molecule has 36 heavy (non-hydrogen) atoms. The molecular formula is C27H24ClN5O2S. The van der Waals surface area contributed by atoms with E-state index in [1.165, 1.54) is 15.7 Å². The van der Waals surface area contributed by atoms with Gasteiger partial charge in [-0.2, -0.15) is 5.10 Å². The van der Waals surface area contributed by atoms with Gasteiger partial charge in [0.25, 0.3) is 5.56 Å². The van der Waals surface area contributed by atoms with E-state index in [1.54, 1.807) is 17.7 Å². The van der Waals surface area contributed by atoms with E-state index in [4.69, 9.17) is 16.7 Å². The van der Waals surface area contributed by atoms with E-state index in [2.05, 4.69) is 10.3 Å². The molecule has 1 amide bonds. The lowest BCUT2D eigenvalue weighted by atomic mass is 10.1. The molecule has 5 aromatic rings. The second-order valence-electron chi connectivity index (χ2n) is 8.66. The van der Waals surface area contributed by atoms with E-state index in [9.17, 15) is 9.59 Å². The summed E-state index contributed by atoms with van der Waals surface area (Å²) in [5.41, 5.74) is 4.56. The molecule has 0 aliphatic rings. The maximum absolute atomic E-state index is 13.7. The standard InChI is InChI=1S/C27H24ClN5O2S/c1-16-12-23(31-33(16)21-11-7-10-20(28)13-21)25-18(3)30-27-32(26(25)35)22(15-36-27)14-24(34)29-17(2)19-8-5-4-6-9-19/h4-13,15,17H,14H2,1-3H3,(H,29,34)/t17-/m1/s1. The van der Waals surface area contributed by atoms with Crippen molar-refractivity contribution in [2.75, 3.05) is 0 Å². The summed E-state index contributed by atoms with van der Waals surface area (Å²) in [7, 11) is 0. The number of carbonyl (C=O) groups excluding carboxylic acids is 1. The van der Waals surface area contributed by atoms with Gasteiger partial charge in [0.05, 0.1) is 29.4 Å². The predicted molar refractivity (Wildman–Crippen MR) is 143 cm³/mol. The van der Waals surface area contributed by atoms with Gasteiger partial charge in [-0.15, -0.1) is 11.3 Å². The van der Waals surface area contributed by atoms with E-state index in [1.807, 2.05) is 73.8 Å². The molecule has 0 bridgehead atoms. The topological polar surface area (TPSA) is 81.3 Å². The summed E-state index contributed by atoms with van der Waals surface area (Å²) < 4.78 is 3.27. The number of nitrogens with zero attached hydrogens (tertiary/aromatic N) is 4. The zero-order valence-electron chi connectivity index (χ0n) is 20.0. The number of carbonyl (C=O) groups is 1. The zero-order chi connectivity index (χ0) is 25.4. The summed E-state index contributed by atoms with van der Waals surface area (Å²) in [6, 6.07) is 18.9. The molecule has 9 heteroatoms. The Labute approximate surface area is 217 Å². The van der Waals surface area contributed by atoms with Crippen LogP contribution in [0.15, 0.2) is 70.8 Å². The maximum Gasteiger partial charge on any atom is 0.268 e. The number of aromatic nitrogens is 4. The summed E-state index contributed by atoms with van der Waals surface area (Å²) in [4.78, 5) is 31.7. The van der Waals surface area contributed by atoms with Crippen LogP contribution in [0.5, 0.6) is 0 Å². The first kappa shape index (κ1) is 24.0. The lowest BCUT2D eigenvalue weighted by Gasteiger charge is -2.14. The SMILES string of the molecule is Cc1nc2scc(CC(=O)N[C@H](C)c3ccccc3)n2c(=O)c1-c1cc(C)n(-c2cccc(Cl)c2)n1. The minimum absolute atomic E-state index is 0.0667. The van der Waals surface area contributed by atoms with Gasteiger partial charge in [-0.25, -0.2) is 9.67 Å². The lowest BCUT2D eigenvalue weighted by molar-refractivity contribution is -0.121. The zero-order valence-corrected chi connectivity index (χ0v) is 21.6. The Balaban J connectivity index is 1.49. The highest BCUT2D eigenvalue weighted by Crippen LogP contribution is 2.24. The molecule has 0 spiro atoms. The smallest absolute Gasteiger partial charge is 0.268 e. The third-order valence-electron chi connectivity index (χ3n) is 6.04. The summed E-state index contributed by atoms with van der Waals surface area (Å²) in [5, 5.41) is 10.1. The van der Waals surface area contributed by atoms with Gasteiger partial charge < -0.3 is 5.32 Å². The molecule has 0 saturated carbocycles. The largest absolute Gasteiger partial charge is 0.349 e. The van der Waals surface area contributed by atoms with Crippen molar-refractivity contribution in [3.05, 3.63) is 104 Å². The van der Waals surface area contributed by atoms with Gasteiger partial charge in [-0.1, -0.05) is 48.0 Å². The van der Waals surface area contributed by atoms with Crippen LogP contribution in [0.25, 0.3) is 21.9 Å². The molecular weight excluding hydrogens is 494 g/mol. The van der Waals surface area contributed by atoms with Gasteiger partial charge in [0.1, 0.15) is 5.69 Å². The Morgan fingerprint density at radius 1 is 1.11 bits per heavy atom. The maximum atomic E-state index is 13.7. The van der Waals surface area contributed by atoms with E-state index >= 15 is 0 Å². The van der Waals surface area contributed by atoms with E-state index < -0.39 is 0 Å². The van der Waals surface area contributed by atoms with Crippen molar-refractivity contribution in [1.82, 2.24) is 24.5 Å². The Hall–Kier alpha value is -3.75. The Bertz CT molecular complexity index is 1640. The molecule has 2 aromatic carbocycles. The third-order valence-corrected chi connectivity index (χ3v) is 7.15. The van der Waals surface area contributed by atoms with Crippen molar-refractivity contribution in [2.45, 2.75) is 33.2 Å². The first-order valence-electron chi connectivity index (χ1n) is 11.5. The monoisotopic (exact) mass is 517 g/mol. The van der Waals surface area contributed by atoms with Gasteiger partial charge in [-0.05, 0) is 50.6 Å². The first-order chi connectivity index (χ1) is 17.3. The molecule has 0 fully saturated rings. The quantitative estimate of drug-likeness (QED) is 0.331. The normalized spacial score (nSPS) is 12.1. The van der Waals surface area contributed by atoms with Crippen LogP contribution in [0.4, 0.5) is 0 Å². The van der Waals surface area contributed by atoms with Crippen molar-refractivity contribution < 1.29 is 4.79 Å². The minimum Gasteiger partial charge on any atom is -0.349 e. The summed E-state index contributed by atoms with van der Waals surface area (Å²) in [6.07, 6.45) is 0.0667. The van der Waals surface area contributed by atoms with Crippen molar-refractivity contribution >= 4 is 33.8 Å². The van der Waals surface area contributed by atoms with E-state index in [-0.39, 0.29) is 23.9 Å². The summed E-state index contributed by atoms with van der Waals surface area (Å²) >= 11 is 7.51. The second-order valence-corrected chi connectivity index (χ2v) is 9.93. The third kappa shape index (κ3) is 4.57. The van der Waals surface area contributed by atoms with Gasteiger partial charge in [-0.3, -0.25) is 14.0 Å². The van der Waals surface area contributed by atoms with Crippen molar-refractivity contribution in [3.63, 3.8) is 0 Å². The minimum atomic E-state index is -0.242. The average molecular weight is 518 g/mol. The van der Waals surface area contributed by atoms with Gasteiger partial charge >= 0.3 is 0 Å². The van der Waals surface area contributed by atoms with Gasteiger partial charge in [0.15, 0.2) is 4.96 Å². The van der Waals surface area contributed by atoms with E-state index in [0.29, 0.717) is 32.6 Å². The van der Waals surface area contributed by atoms with Crippen LogP contribution in [-0.2, 0) is 11.2 Å². The highest BCUT2D eigenvalue weighted by Gasteiger charge is 2.20. The lowest BCUT2D eigenvalue weighted by Crippen LogP contribution is -2.29. The molecule has 3 heterocycles. The van der Waals surface area contributed by atoms with E-state index in [0.717, 1.165) is 16.9 Å². The number of hydrogen-bond donors (Lipinski definition) is 1.